The Hall–Kier alpha value is -2.88. The third-order valence-corrected chi connectivity index (χ3v) is 5.57. The van der Waals surface area contributed by atoms with Crippen molar-refractivity contribution in [1.82, 2.24) is 9.47 Å². The quantitative estimate of drug-likeness (QED) is 0.686. The van der Waals surface area contributed by atoms with Crippen LogP contribution in [0.15, 0.2) is 53.5 Å². The second kappa shape index (κ2) is 7.03. The van der Waals surface area contributed by atoms with E-state index in [1.54, 1.807) is 10.8 Å². The highest BCUT2D eigenvalue weighted by atomic mass is 16.2. The zero-order valence-electron chi connectivity index (χ0n) is 15.9. The fourth-order valence-corrected chi connectivity index (χ4v) is 3.80. The molecule has 0 bridgehead atoms. The molecular weight excluding hydrogens is 336 g/mol. The van der Waals surface area contributed by atoms with E-state index in [-0.39, 0.29) is 11.5 Å². The minimum Gasteiger partial charge on any atom is -0.339 e. The first kappa shape index (κ1) is 17.5. The molecule has 1 aliphatic rings. The number of likely N-dealkylation sites (tertiary alicyclic amines) is 1. The monoisotopic (exact) mass is 360 g/mol. The number of pyridine rings is 1. The standard InChI is InChI=1S/C23H24N2O2/c1-16-10-11-18(14-17(16)2)25-15-21(22(26)24-12-6-3-7-13-24)19-8-4-5-9-20(19)23(25)27/h4-5,8-11,14-15H,3,6-7,12-13H2,1-2H3. The summed E-state index contributed by atoms with van der Waals surface area (Å²) in [6.45, 7) is 5.66. The lowest BCUT2D eigenvalue weighted by molar-refractivity contribution is 0.0725. The van der Waals surface area contributed by atoms with Gasteiger partial charge in [-0.1, -0.05) is 24.3 Å². The van der Waals surface area contributed by atoms with Crippen LogP contribution in [-0.4, -0.2) is 28.5 Å². The summed E-state index contributed by atoms with van der Waals surface area (Å²) >= 11 is 0. The second-order valence-corrected chi connectivity index (χ2v) is 7.38. The van der Waals surface area contributed by atoms with E-state index in [1.165, 1.54) is 12.0 Å². The number of benzene rings is 2. The first-order valence-corrected chi connectivity index (χ1v) is 9.57. The third-order valence-electron chi connectivity index (χ3n) is 5.57. The van der Waals surface area contributed by atoms with Crippen molar-refractivity contribution in [3.8, 4) is 5.69 Å². The second-order valence-electron chi connectivity index (χ2n) is 7.38. The number of aryl methyl sites for hydroxylation is 2. The van der Waals surface area contributed by atoms with Crippen molar-refractivity contribution in [3.63, 3.8) is 0 Å². The van der Waals surface area contributed by atoms with Gasteiger partial charge >= 0.3 is 0 Å². The molecule has 1 amide bonds. The maximum Gasteiger partial charge on any atom is 0.262 e. The fraction of sp³-hybridized carbons (Fsp3) is 0.304. The molecule has 1 aromatic heterocycles. The molecule has 3 aromatic rings. The summed E-state index contributed by atoms with van der Waals surface area (Å²) in [5.74, 6) is 0.0171. The topological polar surface area (TPSA) is 42.3 Å². The van der Waals surface area contributed by atoms with Crippen LogP contribution in [0.4, 0.5) is 0 Å². The average molecular weight is 360 g/mol. The summed E-state index contributed by atoms with van der Waals surface area (Å²) in [7, 11) is 0. The Balaban J connectivity index is 1.92. The smallest absolute Gasteiger partial charge is 0.262 e. The van der Waals surface area contributed by atoms with Crippen molar-refractivity contribution in [3.05, 3.63) is 75.7 Å². The van der Waals surface area contributed by atoms with Gasteiger partial charge in [0.15, 0.2) is 0 Å². The van der Waals surface area contributed by atoms with Crippen molar-refractivity contribution >= 4 is 16.7 Å². The van der Waals surface area contributed by atoms with Gasteiger partial charge in [-0.25, -0.2) is 0 Å². The van der Waals surface area contributed by atoms with Crippen molar-refractivity contribution in [2.75, 3.05) is 13.1 Å². The van der Waals surface area contributed by atoms with Crippen LogP contribution in [0.5, 0.6) is 0 Å². The summed E-state index contributed by atoms with van der Waals surface area (Å²) < 4.78 is 1.62. The van der Waals surface area contributed by atoms with Crippen LogP contribution in [0.3, 0.4) is 0 Å². The fourth-order valence-electron chi connectivity index (χ4n) is 3.80. The molecular formula is C23H24N2O2. The molecule has 0 atom stereocenters. The normalized spacial score (nSPS) is 14.5. The Kier molecular flexibility index (Phi) is 4.56. The van der Waals surface area contributed by atoms with Crippen LogP contribution in [0.1, 0.15) is 40.7 Å². The highest BCUT2D eigenvalue weighted by molar-refractivity contribution is 6.06. The maximum absolute atomic E-state index is 13.2. The van der Waals surface area contributed by atoms with Crippen molar-refractivity contribution in [1.29, 1.82) is 0 Å². The zero-order valence-corrected chi connectivity index (χ0v) is 15.9. The Morgan fingerprint density at radius 3 is 2.30 bits per heavy atom. The highest BCUT2D eigenvalue weighted by Crippen LogP contribution is 2.22. The van der Waals surface area contributed by atoms with E-state index < -0.39 is 0 Å². The lowest BCUT2D eigenvalue weighted by atomic mass is 10.0. The van der Waals surface area contributed by atoms with Crippen molar-refractivity contribution in [2.45, 2.75) is 33.1 Å². The van der Waals surface area contributed by atoms with Crippen LogP contribution in [0.25, 0.3) is 16.5 Å². The van der Waals surface area contributed by atoms with Gasteiger partial charge in [0.05, 0.1) is 5.56 Å². The molecule has 0 radical (unpaired) electrons. The number of amides is 1. The maximum atomic E-state index is 13.2. The van der Waals surface area contributed by atoms with Gasteiger partial charge in [0.25, 0.3) is 11.5 Å². The minimum absolute atomic E-state index is 0.0171. The summed E-state index contributed by atoms with van der Waals surface area (Å²) in [6.07, 6.45) is 4.99. The van der Waals surface area contributed by atoms with Gasteiger partial charge in [-0.2, -0.15) is 0 Å². The van der Waals surface area contributed by atoms with E-state index in [4.69, 9.17) is 0 Å². The van der Waals surface area contributed by atoms with Gasteiger partial charge < -0.3 is 4.90 Å². The number of hydrogen-bond acceptors (Lipinski definition) is 2. The van der Waals surface area contributed by atoms with Crippen LogP contribution in [0, 0.1) is 13.8 Å². The Morgan fingerprint density at radius 1 is 0.889 bits per heavy atom. The van der Waals surface area contributed by atoms with Crippen LogP contribution < -0.4 is 5.56 Å². The lowest BCUT2D eigenvalue weighted by Crippen LogP contribution is -2.36. The molecule has 0 saturated carbocycles. The van der Waals surface area contributed by atoms with E-state index >= 15 is 0 Å². The number of fused-ring (bicyclic) bond motifs is 1. The van der Waals surface area contributed by atoms with Gasteiger partial charge in [0.1, 0.15) is 0 Å². The Labute approximate surface area is 159 Å². The molecule has 0 unspecified atom stereocenters. The highest BCUT2D eigenvalue weighted by Gasteiger charge is 2.22. The van der Waals surface area contributed by atoms with E-state index in [0.29, 0.717) is 10.9 Å². The molecule has 4 heteroatoms. The van der Waals surface area contributed by atoms with Crippen LogP contribution in [0.2, 0.25) is 0 Å². The first-order chi connectivity index (χ1) is 13.1. The van der Waals surface area contributed by atoms with Crippen molar-refractivity contribution < 1.29 is 4.79 Å². The van der Waals surface area contributed by atoms with E-state index in [0.717, 1.165) is 42.6 Å². The average Bonchev–Trinajstić information content (AvgIpc) is 2.71. The molecule has 2 aromatic carbocycles. The molecule has 0 spiro atoms. The van der Waals surface area contributed by atoms with Crippen LogP contribution >= 0.6 is 0 Å². The summed E-state index contributed by atoms with van der Waals surface area (Å²) in [4.78, 5) is 28.3. The van der Waals surface area contributed by atoms with Gasteiger partial charge in [0, 0.05) is 35.7 Å². The predicted molar refractivity (Wildman–Crippen MR) is 109 cm³/mol. The molecule has 1 aliphatic heterocycles. The van der Waals surface area contributed by atoms with Crippen molar-refractivity contribution in [2.24, 2.45) is 0 Å². The molecule has 2 heterocycles. The number of hydrogen-bond donors (Lipinski definition) is 0. The zero-order chi connectivity index (χ0) is 19.0. The number of carbonyl (C=O) groups is 1. The van der Waals surface area contributed by atoms with E-state index in [2.05, 4.69) is 0 Å². The molecule has 0 aliphatic carbocycles. The number of rotatable bonds is 2. The summed E-state index contributed by atoms with van der Waals surface area (Å²) in [5, 5.41) is 1.32. The molecule has 1 fully saturated rings. The molecule has 1 saturated heterocycles. The summed E-state index contributed by atoms with van der Waals surface area (Å²) in [5.41, 5.74) is 3.60. The number of aromatic nitrogens is 1. The van der Waals surface area contributed by atoms with Gasteiger partial charge in [-0.15, -0.1) is 0 Å². The molecule has 138 valence electrons. The first-order valence-electron chi connectivity index (χ1n) is 9.57. The Bertz CT molecular complexity index is 1080. The number of carbonyl (C=O) groups excluding carboxylic acids is 1. The van der Waals surface area contributed by atoms with E-state index in [9.17, 15) is 9.59 Å². The summed E-state index contributed by atoms with van der Waals surface area (Å²) in [6, 6.07) is 13.4. The SMILES string of the molecule is Cc1ccc(-n2cc(C(=O)N3CCCCC3)c3ccccc3c2=O)cc1C. The van der Waals surface area contributed by atoms with Gasteiger partial charge in [-0.05, 0) is 62.4 Å². The Morgan fingerprint density at radius 2 is 1.59 bits per heavy atom. The van der Waals surface area contributed by atoms with E-state index in [1.807, 2.05) is 61.2 Å². The minimum atomic E-state index is -0.0935. The van der Waals surface area contributed by atoms with Gasteiger partial charge in [-0.3, -0.25) is 14.2 Å². The molecule has 4 rings (SSSR count). The largest absolute Gasteiger partial charge is 0.339 e. The molecule has 27 heavy (non-hydrogen) atoms. The molecule has 4 nitrogen and oxygen atoms in total. The van der Waals surface area contributed by atoms with Gasteiger partial charge in [0.2, 0.25) is 0 Å². The van der Waals surface area contributed by atoms with Crippen LogP contribution in [-0.2, 0) is 0 Å². The third kappa shape index (κ3) is 3.16. The number of piperidine rings is 1. The lowest BCUT2D eigenvalue weighted by Gasteiger charge is -2.27. The predicted octanol–water partition coefficient (Wildman–Crippen LogP) is 4.23. The number of nitrogens with zero attached hydrogens (tertiary/aromatic N) is 2. The molecule has 0 N–H and O–H groups in total.